The Labute approximate surface area is 145 Å². The summed E-state index contributed by atoms with van der Waals surface area (Å²) in [6, 6.07) is 9.12. The second-order valence-electron chi connectivity index (χ2n) is 5.62. The number of furan rings is 1. The van der Waals surface area contributed by atoms with Crippen LogP contribution in [0.2, 0.25) is 5.02 Å². The van der Waals surface area contributed by atoms with Crippen molar-refractivity contribution in [1.82, 2.24) is 10.6 Å². The van der Waals surface area contributed by atoms with Gasteiger partial charge in [0, 0.05) is 10.7 Å². The lowest BCUT2D eigenvalue weighted by Crippen LogP contribution is -2.50. The highest BCUT2D eigenvalue weighted by atomic mass is 35.5. The number of nitrogens with one attached hydrogen (secondary N) is 3. The second-order valence-corrected chi connectivity index (χ2v) is 6.06. The molecule has 0 spiro atoms. The summed E-state index contributed by atoms with van der Waals surface area (Å²) in [5.41, 5.74) is 0.593. The van der Waals surface area contributed by atoms with Gasteiger partial charge in [0.05, 0.1) is 12.8 Å². The molecule has 2 rings (SSSR count). The third-order valence-corrected chi connectivity index (χ3v) is 3.61. The van der Waals surface area contributed by atoms with Gasteiger partial charge < -0.3 is 20.4 Å². The average molecular weight is 350 g/mol. The second kappa shape index (κ2) is 8.40. The summed E-state index contributed by atoms with van der Waals surface area (Å²) < 4.78 is 5.17. The van der Waals surface area contributed by atoms with Crippen molar-refractivity contribution in [2.24, 2.45) is 5.92 Å². The molecule has 0 unspecified atom stereocenters. The van der Waals surface area contributed by atoms with Gasteiger partial charge in [0.2, 0.25) is 5.91 Å². The molecule has 0 aliphatic heterocycles. The van der Waals surface area contributed by atoms with E-state index in [1.54, 1.807) is 42.7 Å². The predicted molar refractivity (Wildman–Crippen MR) is 92.8 cm³/mol. The van der Waals surface area contributed by atoms with E-state index in [-0.39, 0.29) is 18.4 Å². The van der Waals surface area contributed by atoms with E-state index < -0.39 is 12.1 Å². The van der Waals surface area contributed by atoms with Crippen LogP contribution in [0, 0.1) is 5.92 Å². The van der Waals surface area contributed by atoms with Crippen molar-refractivity contribution >= 4 is 29.2 Å². The van der Waals surface area contributed by atoms with E-state index in [9.17, 15) is 9.59 Å². The van der Waals surface area contributed by atoms with Gasteiger partial charge in [-0.3, -0.25) is 4.79 Å². The van der Waals surface area contributed by atoms with Crippen LogP contribution in [0.3, 0.4) is 0 Å². The molecule has 24 heavy (non-hydrogen) atoms. The Hall–Kier alpha value is -2.47. The molecule has 2 aromatic rings. The van der Waals surface area contributed by atoms with Crippen LogP contribution in [-0.4, -0.2) is 18.0 Å². The first-order valence-corrected chi connectivity index (χ1v) is 7.96. The maximum Gasteiger partial charge on any atom is 0.319 e. The van der Waals surface area contributed by atoms with E-state index in [1.165, 1.54) is 0 Å². The third kappa shape index (κ3) is 5.31. The van der Waals surface area contributed by atoms with Gasteiger partial charge in [0.25, 0.3) is 0 Å². The Balaban J connectivity index is 1.90. The number of amides is 3. The van der Waals surface area contributed by atoms with Gasteiger partial charge in [-0.1, -0.05) is 25.4 Å². The Morgan fingerprint density at radius 1 is 1.17 bits per heavy atom. The first-order chi connectivity index (χ1) is 11.5. The molecule has 0 saturated carbocycles. The van der Waals surface area contributed by atoms with Gasteiger partial charge in [0.1, 0.15) is 11.8 Å². The lowest BCUT2D eigenvalue weighted by Gasteiger charge is -2.21. The SMILES string of the molecule is CC(C)[C@H](NC(=O)Nc1ccc(Cl)cc1)C(=O)NCc1ccco1. The number of carbonyl (C=O) groups is 2. The van der Waals surface area contributed by atoms with Crippen molar-refractivity contribution in [1.29, 1.82) is 0 Å². The fraction of sp³-hybridized carbons (Fsp3) is 0.294. The molecule has 1 aromatic carbocycles. The van der Waals surface area contributed by atoms with Gasteiger partial charge in [-0.15, -0.1) is 0 Å². The number of urea groups is 1. The maximum atomic E-state index is 12.3. The topological polar surface area (TPSA) is 83.4 Å². The first-order valence-electron chi connectivity index (χ1n) is 7.59. The van der Waals surface area contributed by atoms with Gasteiger partial charge in [-0.05, 0) is 42.3 Å². The van der Waals surface area contributed by atoms with Crippen LogP contribution in [0.5, 0.6) is 0 Å². The Morgan fingerprint density at radius 3 is 2.46 bits per heavy atom. The fourth-order valence-corrected chi connectivity index (χ4v) is 2.20. The molecule has 1 heterocycles. The van der Waals surface area contributed by atoms with E-state index in [4.69, 9.17) is 16.0 Å². The molecule has 7 heteroatoms. The molecule has 0 aliphatic carbocycles. The van der Waals surface area contributed by atoms with E-state index >= 15 is 0 Å². The number of carbonyl (C=O) groups excluding carboxylic acids is 2. The first kappa shape index (κ1) is 17.9. The summed E-state index contributed by atoms with van der Waals surface area (Å²) in [6.07, 6.45) is 1.54. The van der Waals surface area contributed by atoms with Gasteiger partial charge in [0.15, 0.2) is 0 Å². The number of benzene rings is 1. The molecule has 1 atom stereocenters. The molecule has 3 amide bonds. The summed E-state index contributed by atoms with van der Waals surface area (Å²) in [4.78, 5) is 24.4. The average Bonchev–Trinajstić information content (AvgIpc) is 3.06. The molecule has 6 nitrogen and oxygen atoms in total. The maximum absolute atomic E-state index is 12.3. The van der Waals surface area contributed by atoms with E-state index in [1.807, 2.05) is 13.8 Å². The zero-order valence-electron chi connectivity index (χ0n) is 13.5. The highest BCUT2D eigenvalue weighted by Gasteiger charge is 2.24. The molecule has 3 N–H and O–H groups in total. The van der Waals surface area contributed by atoms with Crippen LogP contribution in [0.25, 0.3) is 0 Å². The van der Waals surface area contributed by atoms with Gasteiger partial charge >= 0.3 is 6.03 Å². The number of halogens is 1. The minimum absolute atomic E-state index is 0.0717. The molecule has 0 radical (unpaired) electrons. The smallest absolute Gasteiger partial charge is 0.319 e. The Bertz CT molecular complexity index is 669. The third-order valence-electron chi connectivity index (χ3n) is 3.35. The summed E-state index contributed by atoms with van der Waals surface area (Å²) in [5, 5.41) is 8.69. The Kier molecular flexibility index (Phi) is 6.26. The van der Waals surface area contributed by atoms with Gasteiger partial charge in [-0.2, -0.15) is 0 Å². The zero-order valence-corrected chi connectivity index (χ0v) is 14.3. The molecule has 0 saturated heterocycles. The minimum Gasteiger partial charge on any atom is -0.467 e. The van der Waals surface area contributed by atoms with Crippen LogP contribution < -0.4 is 16.0 Å². The van der Waals surface area contributed by atoms with E-state index in [2.05, 4.69) is 16.0 Å². The van der Waals surface area contributed by atoms with E-state index in [0.717, 1.165) is 0 Å². The predicted octanol–water partition coefficient (Wildman–Crippen LogP) is 3.40. The standard InChI is InChI=1S/C17H20ClN3O3/c1-11(2)15(16(22)19-10-14-4-3-9-24-14)21-17(23)20-13-7-5-12(18)6-8-13/h3-9,11,15H,10H2,1-2H3,(H,19,22)(H2,20,21,23)/t15-/m0/s1. The lowest BCUT2D eigenvalue weighted by molar-refractivity contribution is -0.124. The van der Waals surface area contributed by atoms with Crippen LogP contribution >= 0.6 is 11.6 Å². The highest BCUT2D eigenvalue weighted by molar-refractivity contribution is 6.30. The molecule has 1 aromatic heterocycles. The normalized spacial score (nSPS) is 11.8. The highest BCUT2D eigenvalue weighted by Crippen LogP contribution is 2.13. The molecule has 128 valence electrons. The van der Waals surface area contributed by atoms with Gasteiger partial charge in [-0.25, -0.2) is 4.79 Å². The van der Waals surface area contributed by atoms with Crippen LogP contribution in [0.4, 0.5) is 10.5 Å². The summed E-state index contributed by atoms with van der Waals surface area (Å²) in [7, 11) is 0. The van der Waals surface area contributed by atoms with Crippen molar-refractivity contribution in [2.75, 3.05) is 5.32 Å². The minimum atomic E-state index is -0.660. The van der Waals surface area contributed by atoms with Crippen LogP contribution in [0.15, 0.2) is 47.1 Å². The van der Waals surface area contributed by atoms with Crippen molar-refractivity contribution in [2.45, 2.75) is 26.4 Å². The molecule has 0 fully saturated rings. The zero-order chi connectivity index (χ0) is 17.5. The summed E-state index contributed by atoms with van der Waals surface area (Å²) >= 11 is 5.80. The molecule has 0 aliphatic rings. The molecular formula is C17H20ClN3O3. The van der Waals surface area contributed by atoms with E-state index in [0.29, 0.717) is 16.5 Å². The molecular weight excluding hydrogens is 330 g/mol. The monoisotopic (exact) mass is 349 g/mol. The largest absolute Gasteiger partial charge is 0.467 e. The molecule has 0 bridgehead atoms. The van der Waals surface area contributed by atoms with Crippen LogP contribution in [-0.2, 0) is 11.3 Å². The van der Waals surface area contributed by atoms with Crippen LogP contribution in [0.1, 0.15) is 19.6 Å². The summed E-state index contributed by atoms with van der Waals surface area (Å²) in [5.74, 6) is 0.307. The quantitative estimate of drug-likeness (QED) is 0.747. The van der Waals surface area contributed by atoms with Crippen molar-refractivity contribution in [3.8, 4) is 0 Å². The number of hydrogen-bond acceptors (Lipinski definition) is 3. The fourth-order valence-electron chi connectivity index (χ4n) is 2.07. The lowest BCUT2D eigenvalue weighted by atomic mass is 10.0. The summed E-state index contributed by atoms with van der Waals surface area (Å²) in [6.45, 7) is 3.99. The van der Waals surface area contributed by atoms with Crippen molar-refractivity contribution in [3.63, 3.8) is 0 Å². The number of hydrogen-bond donors (Lipinski definition) is 3. The number of anilines is 1. The van der Waals surface area contributed by atoms with Crippen molar-refractivity contribution < 1.29 is 14.0 Å². The van der Waals surface area contributed by atoms with Crippen molar-refractivity contribution in [3.05, 3.63) is 53.4 Å². The Morgan fingerprint density at radius 2 is 1.88 bits per heavy atom. The number of rotatable bonds is 6.